The Morgan fingerprint density at radius 2 is 1.75 bits per heavy atom. The molecule has 0 saturated carbocycles. The summed E-state index contributed by atoms with van der Waals surface area (Å²) in [6.45, 7) is 4.19. The summed E-state index contributed by atoms with van der Waals surface area (Å²) in [5.74, 6) is 0.673. The fourth-order valence-electron chi connectivity index (χ4n) is 2.64. The Hall–Kier alpha value is -1.23. The van der Waals surface area contributed by atoms with E-state index in [0.717, 1.165) is 24.3 Å². The lowest BCUT2D eigenvalue weighted by Gasteiger charge is -2.11. The first-order valence-corrected chi connectivity index (χ1v) is 8.09. The van der Waals surface area contributed by atoms with Crippen molar-refractivity contribution >= 4 is 41.4 Å². The number of anilines is 1. The molecule has 24 heavy (non-hydrogen) atoms. The third kappa shape index (κ3) is 6.34. The highest BCUT2D eigenvalue weighted by Gasteiger charge is 2.07. The molecule has 0 fully saturated rings. The van der Waals surface area contributed by atoms with Crippen LogP contribution < -0.4 is 15.4 Å². The van der Waals surface area contributed by atoms with E-state index in [9.17, 15) is 0 Å². The summed E-state index contributed by atoms with van der Waals surface area (Å²) in [6, 6.07) is 8.27. The standard InChI is InChI=1S/C18H27N3O.2ClH/c1-14-13-17(22-3)21-18-15(14)9-8-10-16(18)20-12-7-5-4-6-11-19-2;;/h8-10,13,19-20H,4-7,11-12H2,1-3H3;2*1H. The highest BCUT2D eigenvalue weighted by Crippen LogP contribution is 2.27. The van der Waals surface area contributed by atoms with Gasteiger partial charge in [0.2, 0.25) is 5.88 Å². The van der Waals surface area contributed by atoms with Crippen molar-refractivity contribution in [1.29, 1.82) is 0 Å². The molecule has 2 rings (SSSR count). The van der Waals surface area contributed by atoms with Gasteiger partial charge in [-0.1, -0.05) is 25.0 Å². The van der Waals surface area contributed by atoms with Crippen LogP contribution in [-0.2, 0) is 0 Å². The number of unbranched alkanes of at least 4 members (excludes halogenated alkanes) is 3. The van der Waals surface area contributed by atoms with Crippen molar-refractivity contribution < 1.29 is 4.74 Å². The van der Waals surface area contributed by atoms with Crippen LogP contribution in [0.15, 0.2) is 24.3 Å². The molecular formula is C18H29Cl2N3O. The number of fused-ring (bicyclic) bond motifs is 1. The number of pyridine rings is 1. The number of halogens is 2. The summed E-state index contributed by atoms with van der Waals surface area (Å²) in [5, 5.41) is 7.89. The number of benzene rings is 1. The van der Waals surface area contributed by atoms with Crippen LogP contribution in [0.25, 0.3) is 10.9 Å². The molecule has 4 nitrogen and oxygen atoms in total. The van der Waals surface area contributed by atoms with Crippen LogP contribution in [0.1, 0.15) is 31.2 Å². The van der Waals surface area contributed by atoms with E-state index < -0.39 is 0 Å². The van der Waals surface area contributed by atoms with Crippen LogP contribution in [0.4, 0.5) is 5.69 Å². The Balaban J connectivity index is 0.00000264. The van der Waals surface area contributed by atoms with Gasteiger partial charge in [0.1, 0.15) is 0 Å². The van der Waals surface area contributed by atoms with E-state index in [1.54, 1.807) is 7.11 Å². The molecule has 1 aromatic heterocycles. The number of rotatable bonds is 9. The average molecular weight is 374 g/mol. The molecule has 0 radical (unpaired) electrons. The molecule has 0 aliphatic heterocycles. The minimum absolute atomic E-state index is 0. The third-order valence-electron chi connectivity index (χ3n) is 3.90. The van der Waals surface area contributed by atoms with Gasteiger partial charge in [-0.3, -0.25) is 0 Å². The quantitative estimate of drug-likeness (QED) is 0.631. The second-order valence-corrected chi connectivity index (χ2v) is 5.63. The van der Waals surface area contributed by atoms with Crippen LogP contribution in [0.2, 0.25) is 0 Å². The van der Waals surface area contributed by atoms with Crippen molar-refractivity contribution in [3.8, 4) is 5.88 Å². The minimum atomic E-state index is 0. The number of methoxy groups -OCH3 is 1. The number of ether oxygens (including phenoxy) is 1. The van der Waals surface area contributed by atoms with E-state index in [2.05, 4.69) is 40.7 Å². The summed E-state index contributed by atoms with van der Waals surface area (Å²) in [4.78, 5) is 4.60. The molecule has 0 aliphatic rings. The van der Waals surface area contributed by atoms with Crippen LogP contribution in [0.3, 0.4) is 0 Å². The van der Waals surface area contributed by atoms with E-state index in [0.29, 0.717) is 5.88 Å². The fourth-order valence-corrected chi connectivity index (χ4v) is 2.64. The van der Waals surface area contributed by atoms with Crippen LogP contribution in [-0.4, -0.2) is 32.2 Å². The topological polar surface area (TPSA) is 46.2 Å². The first kappa shape index (κ1) is 22.8. The lowest BCUT2D eigenvalue weighted by atomic mass is 10.1. The van der Waals surface area contributed by atoms with E-state index in [1.165, 1.54) is 36.6 Å². The zero-order valence-corrected chi connectivity index (χ0v) is 16.4. The third-order valence-corrected chi connectivity index (χ3v) is 3.90. The molecule has 2 N–H and O–H groups in total. The summed E-state index contributed by atoms with van der Waals surface area (Å²) in [5.41, 5.74) is 3.28. The molecule has 0 atom stereocenters. The van der Waals surface area contributed by atoms with Gasteiger partial charge in [0.15, 0.2) is 0 Å². The molecule has 0 bridgehead atoms. The molecule has 2 aromatic rings. The molecule has 6 heteroatoms. The van der Waals surface area contributed by atoms with Gasteiger partial charge in [0, 0.05) is 18.0 Å². The Bertz CT molecular complexity index is 608. The van der Waals surface area contributed by atoms with Gasteiger partial charge < -0.3 is 15.4 Å². The van der Waals surface area contributed by atoms with Crippen molar-refractivity contribution in [2.24, 2.45) is 0 Å². The SMILES string of the molecule is CNCCCCCCNc1cccc2c(C)cc(OC)nc12.Cl.Cl. The van der Waals surface area contributed by atoms with Gasteiger partial charge in [-0.05, 0) is 45.0 Å². The maximum absolute atomic E-state index is 5.29. The molecule has 1 aromatic carbocycles. The second-order valence-electron chi connectivity index (χ2n) is 5.63. The predicted molar refractivity (Wildman–Crippen MR) is 108 cm³/mol. The zero-order valence-electron chi connectivity index (χ0n) is 14.7. The Morgan fingerprint density at radius 1 is 1.04 bits per heavy atom. The van der Waals surface area contributed by atoms with Gasteiger partial charge in [-0.25, -0.2) is 4.98 Å². The zero-order chi connectivity index (χ0) is 15.8. The minimum Gasteiger partial charge on any atom is -0.481 e. The lowest BCUT2D eigenvalue weighted by molar-refractivity contribution is 0.399. The van der Waals surface area contributed by atoms with Crippen molar-refractivity contribution in [2.45, 2.75) is 32.6 Å². The molecule has 0 spiro atoms. The first-order valence-electron chi connectivity index (χ1n) is 8.09. The van der Waals surface area contributed by atoms with Gasteiger partial charge in [0.25, 0.3) is 0 Å². The molecule has 0 saturated heterocycles. The highest BCUT2D eigenvalue weighted by atomic mass is 35.5. The monoisotopic (exact) mass is 373 g/mol. The van der Waals surface area contributed by atoms with Crippen LogP contribution in [0.5, 0.6) is 5.88 Å². The number of hydrogen-bond acceptors (Lipinski definition) is 4. The number of aromatic nitrogens is 1. The number of nitrogens with one attached hydrogen (secondary N) is 2. The highest BCUT2D eigenvalue weighted by molar-refractivity contribution is 5.92. The van der Waals surface area contributed by atoms with Gasteiger partial charge in [0.05, 0.1) is 18.3 Å². The van der Waals surface area contributed by atoms with E-state index in [1.807, 2.05) is 13.1 Å². The van der Waals surface area contributed by atoms with E-state index in [-0.39, 0.29) is 24.8 Å². The molecule has 0 amide bonds. The maximum Gasteiger partial charge on any atom is 0.213 e. The smallest absolute Gasteiger partial charge is 0.213 e. The number of nitrogens with zero attached hydrogens (tertiary/aromatic N) is 1. The summed E-state index contributed by atoms with van der Waals surface area (Å²) >= 11 is 0. The van der Waals surface area contributed by atoms with Crippen molar-refractivity contribution in [2.75, 3.05) is 32.6 Å². The van der Waals surface area contributed by atoms with Crippen molar-refractivity contribution in [3.63, 3.8) is 0 Å². The fraction of sp³-hybridized carbons (Fsp3) is 0.500. The Morgan fingerprint density at radius 3 is 2.42 bits per heavy atom. The number of aryl methyl sites for hydroxylation is 1. The Labute approximate surface area is 157 Å². The van der Waals surface area contributed by atoms with Gasteiger partial charge in [-0.2, -0.15) is 0 Å². The van der Waals surface area contributed by atoms with Crippen molar-refractivity contribution in [3.05, 3.63) is 29.8 Å². The van der Waals surface area contributed by atoms with Gasteiger partial charge >= 0.3 is 0 Å². The second kappa shape index (κ2) is 12.2. The molecular weight excluding hydrogens is 345 g/mol. The largest absolute Gasteiger partial charge is 0.481 e. The van der Waals surface area contributed by atoms with E-state index >= 15 is 0 Å². The summed E-state index contributed by atoms with van der Waals surface area (Å²) in [6.07, 6.45) is 4.98. The average Bonchev–Trinajstić information content (AvgIpc) is 2.54. The molecule has 1 heterocycles. The van der Waals surface area contributed by atoms with Crippen LogP contribution in [0, 0.1) is 6.92 Å². The van der Waals surface area contributed by atoms with Gasteiger partial charge in [-0.15, -0.1) is 24.8 Å². The number of hydrogen-bond donors (Lipinski definition) is 2. The maximum atomic E-state index is 5.29. The van der Waals surface area contributed by atoms with E-state index in [4.69, 9.17) is 4.74 Å². The predicted octanol–water partition coefficient (Wildman–Crippen LogP) is 4.59. The normalized spacial score (nSPS) is 9.96. The molecule has 0 aliphatic carbocycles. The summed E-state index contributed by atoms with van der Waals surface area (Å²) in [7, 11) is 3.67. The lowest BCUT2D eigenvalue weighted by Crippen LogP contribution is -2.07. The van der Waals surface area contributed by atoms with Crippen molar-refractivity contribution in [1.82, 2.24) is 10.3 Å². The summed E-state index contributed by atoms with van der Waals surface area (Å²) < 4.78 is 5.29. The number of para-hydroxylation sites is 1. The van der Waals surface area contributed by atoms with Crippen LogP contribution >= 0.6 is 24.8 Å². The Kier molecular flexibility index (Phi) is 11.6. The first-order chi connectivity index (χ1) is 10.8. The molecule has 136 valence electrons. The molecule has 0 unspecified atom stereocenters.